The third kappa shape index (κ3) is 3.77. The van der Waals surface area contributed by atoms with Gasteiger partial charge in [0.25, 0.3) is 0 Å². The largest absolute Gasteiger partial charge is 0.534 e. The number of carboxylic acid groups (broad SMARTS) is 1. The molecule has 0 saturated heterocycles. The zero-order valence-electron chi connectivity index (χ0n) is 17.6. The Labute approximate surface area is 185 Å². The molecule has 8 nitrogen and oxygen atoms in total. The molecule has 2 aromatic heterocycles. The molecular formula is C21H18F3NO7S. The summed E-state index contributed by atoms with van der Waals surface area (Å²) in [5.41, 5.74) is -6.05. The van der Waals surface area contributed by atoms with Crippen LogP contribution in [0.2, 0.25) is 0 Å². The Morgan fingerprint density at radius 1 is 1.21 bits per heavy atom. The minimum Gasteiger partial charge on any atom is -0.477 e. The molecule has 0 spiro atoms. The monoisotopic (exact) mass is 485 g/mol. The van der Waals surface area contributed by atoms with Crippen LogP contribution in [-0.2, 0) is 16.5 Å². The topological polar surface area (TPSA) is 116 Å². The van der Waals surface area contributed by atoms with Gasteiger partial charge in [0, 0.05) is 35.3 Å². The SMILES string of the molecule is CC(C)(C)[C@@H]1Cc2c(oc3cc(OS(=O)(=O)C(F)(F)F)ccc23)-c2cc(=O)c(C(=O)O)cn21. The summed E-state index contributed by atoms with van der Waals surface area (Å²) >= 11 is 0. The molecule has 0 bridgehead atoms. The van der Waals surface area contributed by atoms with Gasteiger partial charge < -0.3 is 18.3 Å². The van der Waals surface area contributed by atoms with E-state index in [-0.39, 0.29) is 22.8 Å². The first kappa shape index (κ1) is 22.9. The molecule has 0 fully saturated rings. The number of carbonyl (C=O) groups is 1. The van der Waals surface area contributed by atoms with Gasteiger partial charge in [-0.2, -0.15) is 21.6 Å². The summed E-state index contributed by atoms with van der Waals surface area (Å²) < 4.78 is 72.3. The number of furan rings is 1. The van der Waals surface area contributed by atoms with Crippen LogP contribution in [0.15, 0.2) is 39.7 Å². The van der Waals surface area contributed by atoms with E-state index < -0.39 is 38.3 Å². The summed E-state index contributed by atoms with van der Waals surface area (Å²) in [5, 5.41) is 9.88. The summed E-state index contributed by atoms with van der Waals surface area (Å²) in [7, 11) is -5.86. The molecule has 1 atom stereocenters. The van der Waals surface area contributed by atoms with Crippen molar-refractivity contribution < 1.29 is 40.1 Å². The number of carboxylic acids is 1. The second-order valence-electron chi connectivity index (χ2n) is 8.79. The first-order chi connectivity index (χ1) is 15.1. The average molecular weight is 485 g/mol. The van der Waals surface area contributed by atoms with Crippen molar-refractivity contribution in [1.82, 2.24) is 4.57 Å². The molecule has 1 aliphatic heterocycles. The Morgan fingerprint density at radius 3 is 2.45 bits per heavy atom. The van der Waals surface area contributed by atoms with Crippen molar-refractivity contribution in [2.75, 3.05) is 0 Å². The van der Waals surface area contributed by atoms with Gasteiger partial charge in [0.05, 0.1) is 5.69 Å². The highest BCUT2D eigenvalue weighted by molar-refractivity contribution is 7.88. The minimum atomic E-state index is -5.86. The summed E-state index contributed by atoms with van der Waals surface area (Å²) in [6.45, 7) is 5.84. The van der Waals surface area contributed by atoms with Crippen LogP contribution in [0, 0.1) is 5.41 Å². The highest BCUT2D eigenvalue weighted by Crippen LogP contribution is 2.46. The van der Waals surface area contributed by atoms with Gasteiger partial charge in [0.15, 0.2) is 11.2 Å². The van der Waals surface area contributed by atoms with E-state index in [0.29, 0.717) is 23.1 Å². The molecule has 1 aliphatic rings. The van der Waals surface area contributed by atoms with Crippen molar-refractivity contribution in [2.24, 2.45) is 5.41 Å². The highest BCUT2D eigenvalue weighted by Gasteiger charge is 2.48. The van der Waals surface area contributed by atoms with Crippen LogP contribution in [0.1, 0.15) is 42.7 Å². The first-order valence-electron chi connectivity index (χ1n) is 9.66. The number of pyridine rings is 1. The Kier molecular flexibility index (Phi) is 4.93. The van der Waals surface area contributed by atoms with E-state index in [1.165, 1.54) is 12.3 Å². The Balaban J connectivity index is 1.91. The van der Waals surface area contributed by atoms with Crippen LogP contribution in [0.4, 0.5) is 13.2 Å². The lowest BCUT2D eigenvalue weighted by atomic mass is 9.80. The molecular weight excluding hydrogens is 467 g/mol. The van der Waals surface area contributed by atoms with E-state index >= 15 is 0 Å². The van der Waals surface area contributed by atoms with Crippen LogP contribution in [-0.4, -0.2) is 29.6 Å². The molecule has 1 aromatic carbocycles. The Morgan fingerprint density at radius 2 is 1.88 bits per heavy atom. The van der Waals surface area contributed by atoms with Crippen molar-refractivity contribution in [3.05, 3.63) is 51.8 Å². The number of halogens is 3. The van der Waals surface area contributed by atoms with Gasteiger partial charge in [-0.15, -0.1) is 0 Å². The van der Waals surface area contributed by atoms with Crippen molar-refractivity contribution in [3.8, 4) is 17.2 Å². The Hall–Kier alpha value is -3.28. The number of hydrogen-bond donors (Lipinski definition) is 1. The lowest BCUT2D eigenvalue weighted by Gasteiger charge is -2.37. The maximum Gasteiger partial charge on any atom is 0.534 e. The molecule has 0 saturated carbocycles. The number of nitrogens with zero attached hydrogens (tertiary/aromatic N) is 1. The van der Waals surface area contributed by atoms with Gasteiger partial charge >= 0.3 is 21.6 Å². The maximum atomic E-state index is 12.7. The van der Waals surface area contributed by atoms with Gasteiger partial charge in [0.1, 0.15) is 16.9 Å². The molecule has 1 N–H and O–H groups in total. The molecule has 3 aromatic rings. The first-order valence-corrected chi connectivity index (χ1v) is 11.1. The van der Waals surface area contributed by atoms with Crippen LogP contribution in [0.3, 0.4) is 0 Å². The van der Waals surface area contributed by atoms with Crippen molar-refractivity contribution in [1.29, 1.82) is 0 Å². The van der Waals surface area contributed by atoms with Gasteiger partial charge in [-0.3, -0.25) is 4.79 Å². The predicted molar refractivity (Wildman–Crippen MR) is 111 cm³/mol. The van der Waals surface area contributed by atoms with E-state index in [0.717, 1.165) is 18.2 Å². The molecule has 176 valence electrons. The standard InChI is InChI=1S/C21H18F3NO7S/c1-20(2,3)17-7-12-11-5-4-10(32-33(29,30)21(22,23)24)6-16(11)31-18(12)14-8-15(26)13(19(27)28)9-25(14)17/h4-6,8-9,17H,7H2,1-3H3,(H,27,28)/t17-/m0/s1. The predicted octanol–water partition coefficient (Wildman–Crippen LogP) is 4.33. The van der Waals surface area contributed by atoms with Crippen LogP contribution >= 0.6 is 0 Å². The third-order valence-electron chi connectivity index (χ3n) is 5.53. The summed E-state index contributed by atoms with van der Waals surface area (Å²) in [5.74, 6) is -1.71. The Bertz CT molecular complexity index is 1460. The number of fused-ring (bicyclic) bond motifs is 5. The van der Waals surface area contributed by atoms with Gasteiger partial charge in [-0.05, 0) is 24.0 Å². The third-order valence-corrected chi connectivity index (χ3v) is 6.51. The van der Waals surface area contributed by atoms with E-state index in [9.17, 15) is 36.3 Å². The second kappa shape index (κ2) is 7.11. The smallest absolute Gasteiger partial charge is 0.477 e. The van der Waals surface area contributed by atoms with Gasteiger partial charge in [-0.25, -0.2) is 4.79 Å². The zero-order chi connectivity index (χ0) is 24.5. The molecule has 3 heterocycles. The number of rotatable bonds is 3. The maximum absolute atomic E-state index is 12.7. The molecule has 0 aliphatic carbocycles. The fraction of sp³-hybridized carbons (Fsp3) is 0.333. The number of benzene rings is 1. The fourth-order valence-electron chi connectivity index (χ4n) is 3.93. The number of hydrogen-bond acceptors (Lipinski definition) is 6. The molecule has 12 heteroatoms. The quantitative estimate of drug-likeness (QED) is 0.434. The zero-order valence-corrected chi connectivity index (χ0v) is 18.4. The highest BCUT2D eigenvalue weighted by atomic mass is 32.2. The fourth-order valence-corrected chi connectivity index (χ4v) is 4.38. The van der Waals surface area contributed by atoms with Crippen LogP contribution in [0.25, 0.3) is 22.4 Å². The lowest BCUT2D eigenvalue weighted by molar-refractivity contribution is -0.0500. The van der Waals surface area contributed by atoms with E-state index in [1.807, 2.05) is 20.8 Å². The molecule has 0 radical (unpaired) electrons. The van der Waals surface area contributed by atoms with Crippen molar-refractivity contribution in [2.45, 2.75) is 38.7 Å². The molecule has 4 rings (SSSR count). The lowest BCUT2D eigenvalue weighted by Crippen LogP contribution is -2.32. The number of aromatic carboxylic acids is 1. The summed E-state index contributed by atoms with van der Waals surface area (Å²) in [4.78, 5) is 23.9. The van der Waals surface area contributed by atoms with Crippen LogP contribution < -0.4 is 9.61 Å². The molecule has 0 amide bonds. The average Bonchev–Trinajstić information content (AvgIpc) is 3.02. The molecule has 0 unspecified atom stereocenters. The van der Waals surface area contributed by atoms with Crippen molar-refractivity contribution in [3.63, 3.8) is 0 Å². The summed E-state index contributed by atoms with van der Waals surface area (Å²) in [6, 6.07) is 4.37. The molecule has 33 heavy (non-hydrogen) atoms. The van der Waals surface area contributed by atoms with E-state index in [4.69, 9.17) is 4.42 Å². The van der Waals surface area contributed by atoms with Gasteiger partial charge in [0.2, 0.25) is 0 Å². The normalized spacial score (nSPS) is 16.4. The number of aromatic nitrogens is 1. The summed E-state index contributed by atoms with van der Waals surface area (Å²) in [6.07, 6.45) is 1.64. The number of alkyl halides is 3. The minimum absolute atomic E-state index is 0.0609. The van der Waals surface area contributed by atoms with Crippen LogP contribution in [0.5, 0.6) is 5.75 Å². The van der Waals surface area contributed by atoms with Gasteiger partial charge in [-0.1, -0.05) is 20.8 Å². The second-order valence-corrected chi connectivity index (χ2v) is 10.3. The van der Waals surface area contributed by atoms with E-state index in [2.05, 4.69) is 4.18 Å². The van der Waals surface area contributed by atoms with E-state index in [1.54, 1.807) is 4.57 Å². The van der Waals surface area contributed by atoms with Crippen molar-refractivity contribution >= 4 is 27.1 Å².